The Bertz CT molecular complexity index is 1280. The summed E-state index contributed by atoms with van der Waals surface area (Å²) in [6, 6.07) is 3.76. The number of nitrogen functional groups attached to an aromatic ring is 1. The first kappa shape index (κ1) is 25.5. The molecule has 0 aliphatic carbocycles. The predicted octanol–water partition coefficient (Wildman–Crippen LogP) is 2.08. The van der Waals surface area contributed by atoms with Crippen LogP contribution in [0.15, 0.2) is 24.0 Å². The van der Waals surface area contributed by atoms with E-state index >= 15 is 0 Å². The SMILES string of the molecule is COc1cc2nc(N)n3nc(C4CC(F)CN(C(C=N)=C[NH2+]CC(C)(C)OC)C4)nc3c2cc1I. The third-order valence-electron chi connectivity index (χ3n) is 6.31. The number of likely N-dealkylation sites (tertiary alicyclic amines) is 1. The molecule has 12 heteroatoms. The fraction of sp³-hybridized carbons (Fsp3) is 0.478. The van der Waals surface area contributed by atoms with E-state index in [4.69, 9.17) is 25.6 Å². The Labute approximate surface area is 216 Å². The van der Waals surface area contributed by atoms with E-state index in [1.807, 2.05) is 42.4 Å². The molecule has 1 aromatic carbocycles. The summed E-state index contributed by atoms with van der Waals surface area (Å²) in [5.41, 5.74) is 7.75. The lowest BCUT2D eigenvalue weighted by molar-refractivity contribution is -0.603. The van der Waals surface area contributed by atoms with Crippen molar-refractivity contribution in [1.82, 2.24) is 24.5 Å². The minimum atomic E-state index is -1.07. The molecule has 5 N–H and O–H groups in total. The number of benzene rings is 1. The molecule has 3 heterocycles. The normalized spacial score (nSPS) is 19.5. The number of rotatable bonds is 8. The van der Waals surface area contributed by atoms with E-state index < -0.39 is 6.17 Å². The third kappa shape index (κ3) is 5.33. The first-order valence-electron chi connectivity index (χ1n) is 11.3. The highest BCUT2D eigenvalue weighted by Gasteiger charge is 2.32. The standard InChI is InChI=1S/C23H30FIN8O2/c1-23(2,35-4)12-28-9-15(8-26)32-10-13(5-14(24)11-32)20-30-21-16-6-17(25)19(34-3)7-18(16)29-22(27)33(21)31-20/h6-9,13-14,26,28H,5,10-12H2,1-4H3,(H2,27,29)/p+1. The number of allylic oxidation sites excluding steroid dienone is 1. The first-order valence-corrected chi connectivity index (χ1v) is 12.4. The van der Waals surface area contributed by atoms with Crippen LogP contribution in [0.2, 0.25) is 0 Å². The van der Waals surface area contributed by atoms with E-state index in [1.54, 1.807) is 14.2 Å². The second-order valence-corrected chi connectivity index (χ2v) is 10.4. The van der Waals surface area contributed by atoms with Gasteiger partial charge in [0.1, 0.15) is 36.0 Å². The van der Waals surface area contributed by atoms with Crippen LogP contribution in [0.3, 0.4) is 0 Å². The smallest absolute Gasteiger partial charge is 0.223 e. The predicted molar refractivity (Wildman–Crippen MR) is 141 cm³/mol. The number of fused-ring (bicyclic) bond motifs is 3. The monoisotopic (exact) mass is 597 g/mol. The van der Waals surface area contributed by atoms with Gasteiger partial charge in [0.2, 0.25) is 5.95 Å². The Balaban J connectivity index is 1.65. The molecule has 0 saturated carbocycles. The van der Waals surface area contributed by atoms with Crippen LogP contribution in [-0.4, -0.2) is 76.3 Å². The maximum atomic E-state index is 14.9. The molecule has 1 saturated heterocycles. The Morgan fingerprint density at radius 2 is 2.11 bits per heavy atom. The number of halogens is 2. The van der Waals surface area contributed by atoms with Gasteiger partial charge in [0.25, 0.3) is 0 Å². The molecule has 1 fully saturated rings. The first-order chi connectivity index (χ1) is 16.7. The fourth-order valence-electron chi connectivity index (χ4n) is 4.20. The molecular weight excluding hydrogens is 566 g/mol. The molecule has 2 atom stereocenters. The summed E-state index contributed by atoms with van der Waals surface area (Å²) in [5, 5.41) is 15.3. The second-order valence-electron chi connectivity index (χ2n) is 9.25. The van der Waals surface area contributed by atoms with Crippen LogP contribution >= 0.6 is 22.6 Å². The van der Waals surface area contributed by atoms with Gasteiger partial charge in [0.15, 0.2) is 11.5 Å². The number of hydrogen-bond donors (Lipinski definition) is 3. The number of piperidine rings is 1. The summed E-state index contributed by atoms with van der Waals surface area (Å²) < 4.78 is 28.1. The van der Waals surface area contributed by atoms with Crippen molar-refractivity contribution < 1.29 is 19.2 Å². The zero-order valence-corrected chi connectivity index (χ0v) is 22.4. The van der Waals surface area contributed by atoms with Crippen LogP contribution in [0.5, 0.6) is 5.75 Å². The zero-order chi connectivity index (χ0) is 25.3. The van der Waals surface area contributed by atoms with Gasteiger partial charge < -0.3 is 30.8 Å². The van der Waals surface area contributed by atoms with E-state index in [2.05, 4.69) is 32.7 Å². The van der Waals surface area contributed by atoms with Crippen molar-refractivity contribution in [2.24, 2.45) is 0 Å². The van der Waals surface area contributed by atoms with Crippen LogP contribution in [0, 0.1) is 8.98 Å². The number of anilines is 1. The molecule has 1 aliphatic heterocycles. The maximum absolute atomic E-state index is 14.9. The van der Waals surface area contributed by atoms with E-state index in [9.17, 15) is 4.39 Å². The minimum absolute atomic E-state index is 0.203. The van der Waals surface area contributed by atoms with Gasteiger partial charge in [-0.3, -0.25) is 0 Å². The lowest BCUT2D eigenvalue weighted by atomic mass is 9.95. The number of hydrogen-bond acceptors (Lipinski definition) is 8. The van der Waals surface area contributed by atoms with E-state index in [0.29, 0.717) is 47.9 Å². The average Bonchev–Trinajstić information content (AvgIpc) is 3.28. The highest BCUT2D eigenvalue weighted by atomic mass is 127. The van der Waals surface area contributed by atoms with Crippen molar-refractivity contribution in [3.8, 4) is 5.75 Å². The Morgan fingerprint density at radius 3 is 2.80 bits per heavy atom. The molecule has 0 radical (unpaired) electrons. The number of ether oxygens (including phenoxy) is 2. The lowest BCUT2D eigenvalue weighted by Crippen LogP contribution is -2.83. The van der Waals surface area contributed by atoms with Gasteiger partial charge in [0, 0.05) is 43.8 Å². The number of nitrogens with two attached hydrogens (primary N) is 2. The van der Waals surface area contributed by atoms with Crippen molar-refractivity contribution in [2.45, 2.75) is 38.0 Å². The zero-order valence-electron chi connectivity index (χ0n) is 20.3. The summed E-state index contributed by atoms with van der Waals surface area (Å²) >= 11 is 2.20. The molecule has 3 aromatic rings. The Morgan fingerprint density at radius 1 is 1.34 bits per heavy atom. The summed E-state index contributed by atoms with van der Waals surface area (Å²) in [6.07, 6.45) is 2.34. The molecule has 4 rings (SSSR count). The van der Waals surface area contributed by atoms with Crippen LogP contribution in [0.25, 0.3) is 16.6 Å². The third-order valence-corrected chi connectivity index (χ3v) is 7.16. The number of quaternary nitrogens is 1. The van der Waals surface area contributed by atoms with Gasteiger partial charge in [-0.15, -0.1) is 5.10 Å². The quantitative estimate of drug-likeness (QED) is 0.268. The van der Waals surface area contributed by atoms with Crippen molar-refractivity contribution in [3.63, 3.8) is 0 Å². The molecule has 0 bridgehead atoms. The average molecular weight is 597 g/mol. The largest absolute Gasteiger partial charge is 0.496 e. The minimum Gasteiger partial charge on any atom is -0.496 e. The molecule has 2 unspecified atom stereocenters. The highest BCUT2D eigenvalue weighted by Crippen LogP contribution is 2.32. The van der Waals surface area contributed by atoms with Gasteiger partial charge in [0.05, 0.1) is 16.2 Å². The van der Waals surface area contributed by atoms with E-state index in [1.165, 1.54) is 10.7 Å². The van der Waals surface area contributed by atoms with Crippen LogP contribution < -0.4 is 15.8 Å². The van der Waals surface area contributed by atoms with E-state index in [0.717, 1.165) is 8.96 Å². The molecule has 0 spiro atoms. The molecular formula is C23H31FIN8O2+. The number of alkyl halides is 1. The highest BCUT2D eigenvalue weighted by molar-refractivity contribution is 14.1. The molecule has 10 nitrogen and oxygen atoms in total. The van der Waals surface area contributed by atoms with Gasteiger partial charge in [-0.1, -0.05) is 0 Å². The van der Waals surface area contributed by atoms with Gasteiger partial charge >= 0.3 is 0 Å². The van der Waals surface area contributed by atoms with Crippen molar-refractivity contribution >= 4 is 51.3 Å². The number of nitrogens with zero attached hydrogens (tertiary/aromatic N) is 5. The summed E-state index contributed by atoms with van der Waals surface area (Å²) in [6.45, 7) is 5.38. The Kier molecular flexibility index (Phi) is 7.43. The fourth-order valence-corrected chi connectivity index (χ4v) is 4.89. The van der Waals surface area contributed by atoms with Gasteiger partial charge in [-0.25, -0.2) is 14.4 Å². The number of nitrogens with one attached hydrogen (secondary N) is 1. The summed E-state index contributed by atoms with van der Waals surface area (Å²) in [7, 11) is 3.28. The molecule has 35 heavy (non-hydrogen) atoms. The Hall–Kier alpha value is -2.58. The number of aromatic nitrogens is 4. The molecule has 0 amide bonds. The van der Waals surface area contributed by atoms with Crippen LogP contribution in [-0.2, 0) is 4.74 Å². The lowest BCUT2D eigenvalue weighted by Gasteiger charge is -2.34. The molecule has 188 valence electrons. The van der Waals surface area contributed by atoms with Crippen LogP contribution in [0.1, 0.15) is 32.0 Å². The molecule has 2 aromatic heterocycles. The van der Waals surface area contributed by atoms with Crippen molar-refractivity contribution in [3.05, 3.63) is 33.4 Å². The second kappa shape index (κ2) is 10.2. The van der Waals surface area contributed by atoms with Crippen molar-refractivity contribution in [1.29, 1.82) is 5.41 Å². The number of methoxy groups -OCH3 is 2. The van der Waals surface area contributed by atoms with Gasteiger partial charge in [-0.05, 0) is 48.9 Å². The maximum Gasteiger partial charge on any atom is 0.223 e. The summed E-state index contributed by atoms with van der Waals surface area (Å²) in [4.78, 5) is 11.1. The topological polar surface area (TPSA) is 131 Å². The van der Waals surface area contributed by atoms with E-state index in [-0.39, 0.29) is 24.0 Å². The summed E-state index contributed by atoms with van der Waals surface area (Å²) in [5.74, 6) is 1.16. The van der Waals surface area contributed by atoms with Crippen LogP contribution in [0.4, 0.5) is 10.3 Å². The molecule has 1 aliphatic rings. The van der Waals surface area contributed by atoms with Gasteiger partial charge in [-0.2, -0.15) is 4.52 Å². The van der Waals surface area contributed by atoms with Crippen molar-refractivity contribution in [2.75, 3.05) is 39.6 Å².